The Morgan fingerprint density at radius 3 is 2.45 bits per heavy atom. The van der Waals surface area contributed by atoms with Gasteiger partial charge in [-0.3, -0.25) is 9.78 Å². The Morgan fingerprint density at radius 2 is 2.00 bits per heavy atom. The first-order chi connectivity index (χ1) is 4.84. The molecule has 0 aliphatic heterocycles. The number of nitrogens with one attached hydrogen (secondary N) is 1. The van der Waals surface area contributed by atoms with Crippen LogP contribution in [0, 0.1) is 5.21 Å². The monoisotopic (exact) mass is 160 g/mol. The van der Waals surface area contributed by atoms with Gasteiger partial charge in [0.25, 0.3) is 0 Å². The van der Waals surface area contributed by atoms with Gasteiger partial charge >= 0.3 is 29.6 Å². The van der Waals surface area contributed by atoms with Crippen molar-refractivity contribution >= 4 is 5.91 Å². The molecule has 0 radical (unpaired) electrons. The van der Waals surface area contributed by atoms with Crippen LogP contribution in [0.15, 0.2) is 24.5 Å². The number of nitrogens with zero attached hydrogens (tertiary/aromatic N) is 1. The van der Waals surface area contributed by atoms with Gasteiger partial charge < -0.3 is 10.7 Å². The van der Waals surface area contributed by atoms with E-state index in [1.165, 1.54) is 30.0 Å². The van der Waals surface area contributed by atoms with E-state index in [0.717, 1.165) is 0 Å². The van der Waals surface area contributed by atoms with Gasteiger partial charge in [-0.25, -0.2) is 0 Å². The summed E-state index contributed by atoms with van der Waals surface area (Å²) in [5.41, 5.74) is 1.59. The Labute approximate surface area is 85.9 Å². The van der Waals surface area contributed by atoms with Crippen molar-refractivity contribution in [2.24, 2.45) is 0 Å². The summed E-state index contributed by atoms with van der Waals surface area (Å²) in [6.07, 6.45) is 2.90. The molecule has 4 nitrogen and oxygen atoms in total. The number of pyridine rings is 1. The molecule has 1 aromatic heterocycles. The number of rotatable bonds is 1. The van der Waals surface area contributed by atoms with Gasteiger partial charge in [-0.05, 0) is 12.1 Å². The molecule has 1 heterocycles. The van der Waals surface area contributed by atoms with Crippen LogP contribution in [0.3, 0.4) is 0 Å². The maximum atomic E-state index is 10.6. The van der Waals surface area contributed by atoms with E-state index < -0.39 is 5.91 Å². The zero-order valence-electron chi connectivity index (χ0n) is 6.07. The molecule has 0 aliphatic carbocycles. The quantitative estimate of drug-likeness (QED) is 0.359. The van der Waals surface area contributed by atoms with Crippen LogP contribution >= 0.6 is 0 Å². The number of carbonyl (C=O) groups excluding carboxylic acids is 1. The topological polar surface area (TPSA) is 65.0 Å². The maximum Gasteiger partial charge on any atom is 1.00 e. The van der Waals surface area contributed by atoms with Gasteiger partial charge in [-0.15, -0.1) is 0 Å². The standard InChI is InChI=1S/C6H5N2O2.Na/c9-6(8-10)5-1-3-7-4-2-5;/h1-4H,(H-,7,8,9,10);/q-1;+1. The van der Waals surface area contributed by atoms with Gasteiger partial charge in [0.2, 0.25) is 5.91 Å². The summed E-state index contributed by atoms with van der Waals surface area (Å²) in [6.45, 7) is 0. The molecule has 0 aromatic carbocycles. The largest absolute Gasteiger partial charge is 1.00 e. The molecule has 0 unspecified atom stereocenters. The van der Waals surface area contributed by atoms with Crippen molar-refractivity contribution in [2.75, 3.05) is 0 Å². The predicted molar refractivity (Wildman–Crippen MR) is 35.1 cm³/mol. The molecular weight excluding hydrogens is 155 g/mol. The summed E-state index contributed by atoms with van der Waals surface area (Å²) in [6, 6.07) is 2.93. The SMILES string of the molecule is O=C(N[O-])c1ccncc1.[Na+]. The van der Waals surface area contributed by atoms with E-state index in [0.29, 0.717) is 5.56 Å². The average Bonchev–Trinajstić information content (AvgIpc) is 2.05. The Balaban J connectivity index is 0.000001000. The van der Waals surface area contributed by atoms with Crippen molar-refractivity contribution in [1.29, 1.82) is 0 Å². The third-order valence-electron chi connectivity index (χ3n) is 1.04. The van der Waals surface area contributed by atoms with Crippen LogP contribution < -0.4 is 35.0 Å². The van der Waals surface area contributed by atoms with Gasteiger partial charge in [-0.1, -0.05) is 0 Å². The van der Waals surface area contributed by atoms with Crippen molar-refractivity contribution in [3.8, 4) is 0 Å². The number of carbonyl (C=O) groups is 1. The molecular formula is C6H5N2NaO2. The second kappa shape index (κ2) is 5.26. The molecule has 0 atom stereocenters. The molecule has 0 bridgehead atoms. The molecule has 5 heteroatoms. The summed E-state index contributed by atoms with van der Waals surface area (Å²) in [5.74, 6) is -0.637. The Kier molecular flexibility index (Phi) is 5.06. The zero-order chi connectivity index (χ0) is 7.40. The van der Waals surface area contributed by atoms with Crippen molar-refractivity contribution in [3.05, 3.63) is 35.3 Å². The summed E-state index contributed by atoms with van der Waals surface area (Å²) in [7, 11) is 0. The van der Waals surface area contributed by atoms with E-state index in [-0.39, 0.29) is 29.6 Å². The fourth-order valence-electron chi connectivity index (χ4n) is 0.562. The summed E-state index contributed by atoms with van der Waals surface area (Å²) in [5, 5.41) is 9.81. The van der Waals surface area contributed by atoms with E-state index in [2.05, 4.69) is 4.98 Å². The smallest absolute Gasteiger partial charge is 0.759 e. The number of amides is 1. The van der Waals surface area contributed by atoms with Crippen LogP contribution in [0.1, 0.15) is 10.4 Å². The van der Waals surface area contributed by atoms with E-state index >= 15 is 0 Å². The average molecular weight is 160 g/mol. The Morgan fingerprint density at radius 1 is 1.45 bits per heavy atom. The number of aromatic nitrogens is 1. The molecule has 1 rings (SSSR count). The van der Waals surface area contributed by atoms with Crippen molar-refractivity contribution in [3.63, 3.8) is 0 Å². The van der Waals surface area contributed by atoms with Crippen molar-refractivity contribution in [2.45, 2.75) is 0 Å². The summed E-state index contributed by atoms with van der Waals surface area (Å²) >= 11 is 0. The normalized spacial score (nSPS) is 8.09. The van der Waals surface area contributed by atoms with Gasteiger partial charge in [-0.2, -0.15) is 0 Å². The summed E-state index contributed by atoms with van der Waals surface area (Å²) in [4.78, 5) is 14.2. The molecule has 0 fully saturated rings. The third kappa shape index (κ3) is 2.98. The Bertz CT molecular complexity index is 227. The minimum Gasteiger partial charge on any atom is -0.759 e. The van der Waals surface area contributed by atoms with Gasteiger partial charge in [0.15, 0.2) is 0 Å². The predicted octanol–water partition coefficient (Wildman–Crippen LogP) is -2.69. The molecule has 52 valence electrons. The van der Waals surface area contributed by atoms with Crippen LogP contribution in [0.4, 0.5) is 0 Å². The fraction of sp³-hybridized carbons (Fsp3) is 0. The van der Waals surface area contributed by atoms with Crippen LogP contribution in [0.2, 0.25) is 0 Å². The van der Waals surface area contributed by atoms with E-state index in [1.807, 2.05) is 0 Å². The van der Waals surface area contributed by atoms with Crippen molar-refractivity contribution < 1.29 is 34.4 Å². The molecule has 0 aliphatic rings. The minimum absolute atomic E-state index is 0. The second-order valence-electron chi connectivity index (χ2n) is 1.67. The molecule has 1 N–H and O–H groups in total. The first kappa shape index (κ1) is 10.6. The molecule has 1 amide bonds. The second-order valence-corrected chi connectivity index (χ2v) is 1.67. The first-order valence-electron chi connectivity index (χ1n) is 2.67. The Hall–Kier alpha value is -0.420. The van der Waals surface area contributed by atoms with Crippen LogP contribution in [0.25, 0.3) is 0 Å². The van der Waals surface area contributed by atoms with Crippen LogP contribution in [-0.2, 0) is 0 Å². The van der Waals surface area contributed by atoms with Gasteiger partial charge in [0.05, 0.1) is 0 Å². The van der Waals surface area contributed by atoms with E-state index in [4.69, 9.17) is 0 Å². The number of hydrogen-bond acceptors (Lipinski definition) is 3. The fourth-order valence-corrected chi connectivity index (χ4v) is 0.562. The van der Waals surface area contributed by atoms with Crippen LogP contribution in [-0.4, -0.2) is 10.9 Å². The zero-order valence-corrected chi connectivity index (χ0v) is 8.07. The molecule has 1 aromatic rings. The van der Waals surface area contributed by atoms with Gasteiger partial charge in [0, 0.05) is 18.0 Å². The van der Waals surface area contributed by atoms with E-state index in [1.54, 1.807) is 0 Å². The summed E-state index contributed by atoms with van der Waals surface area (Å²) < 4.78 is 0. The van der Waals surface area contributed by atoms with Crippen LogP contribution in [0.5, 0.6) is 0 Å². The third-order valence-corrected chi connectivity index (χ3v) is 1.04. The maximum absolute atomic E-state index is 10.6. The van der Waals surface area contributed by atoms with E-state index in [9.17, 15) is 10.0 Å². The number of hydroxylamine groups is 1. The molecule has 0 saturated carbocycles. The minimum atomic E-state index is -0.637. The van der Waals surface area contributed by atoms with Crippen molar-refractivity contribution in [1.82, 2.24) is 10.5 Å². The van der Waals surface area contributed by atoms with Gasteiger partial charge in [0.1, 0.15) is 0 Å². The molecule has 0 spiro atoms. The first-order valence-corrected chi connectivity index (χ1v) is 2.67. The number of hydrogen-bond donors (Lipinski definition) is 1. The molecule has 0 saturated heterocycles. The molecule has 11 heavy (non-hydrogen) atoms.